The first-order chi connectivity index (χ1) is 7.63. The van der Waals surface area contributed by atoms with Gasteiger partial charge in [0.2, 0.25) is 10.0 Å². The number of nitrogens with one attached hydrogen (secondary N) is 1. The maximum Gasteiger partial charge on any atom is 0.250 e. The summed E-state index contributed by atoms with van der Waals surface area (Å²) in [5, 5.41) is 0. The third-order valence-electron chi connectivity index (χ3n) is 2.24. The van der Waals surface area contributed by atoms with Crippen LogP contribution >= 0.6 is 11.3 Å². The number of sulfonamides is 1. The van der Waals surface area contributed by atoms with E-state index in [0.717, 1.165) is 4.88 Å². The van der Waals surface area contributed by atoms with E-state index in [2.05, 4.69) is 4.72 Å². The van der Waals surface area contributed by atoms with Crippen molar-refractivity contribution in [2.75, 3.05) is 6.54 Å². The van der Waals surface area contributed by atoms with E-state index in [1.165, 1.54) is 11.3 Å². The molecule has 0 radical (unpaired) electrons. The van der Waals surface area contributed by atoms with Gasteiger partial charge in [-0.25, -0.2) is 13.1 Å². The van der Waals surface area contributed by atoms with E-state index in [4.69, 9.17) is 0 Å². The van der Waals surface area contributed by atoms with Gasteiger partial charge in [-0.05, 0) is 19.1 Å². The number of ketones is 1. The van der Waals surface area contributed by atoms with Crippen molar-refractivity contribution < 1.29 is 13.2 Å². The Morgan fingerprint density at radius 1 is 1.35 bits per heavy atom. The predicted octanol–water partition coefficient (Wildman–Crippen LogP) is 1.95. The second kappa shape index (κ2) is 4.88. The van der Waals surface area contributed by atoms with Crippen molar-refractivity contribution in [3.63, 3.8) is 0 Å². The molecular formula is C11H17NO3S2. The molecule has 1 rings (SSSR count). The van der Waals surface area contributed by atoms with E-state index >= 15 is 0 Å². The highest BCUT2D eigenvalue weighted by atomic mass is 32.2. The average molecular weight is 275 g/mol. The Bertz CT molecular complexity index is 509. The molecular weight excluding hydrogens is 258 g/mol. The normalized spacial score (nSPS) is 12.7. The van der Waals surface area contributed by atoms with E-state index in [1.807, 2.05) is 6.92 Å². The highest BCUT2D eigenvalue weighted by molar-refractivity contribution is 7.91. The average Bonchev–Trinajstić information content (AvgIpc) is 2.60. The minimum Gasteiger partial charge on any atom is -0.298 e. The van der Waals surface area contributed by atoms with Crippen molar-refractivity contribution in [2.24, 2.45) is 5.41 Å². The van der Waals surface area contributed by atoms with Crippen LogP contribution in [0, 0.1) is 12.3 Å². The van der Waals surface area contributed by atoms with Crippen LogP contribution in [0.3, 0.4) is 0 Å². The van der Waals surface area contributed by atoms with Crippen molar-refractivity contribution in [3.8, 4) is 0 Å². The second-order valence-electron chi connectivity index (χ2n) is 4.86. The lowest BCUT2D eigenvalue weighted by Crippen LogP contribution is -2.35. The van der Waals surface area contributed by atoms with Crippen LogP contribution in [-0.2, 0) is 14.8 Å². The summed E-state index contributed by atoms with van der Waals surface area (Å²) in [5.74, 6) is -0.130. The molecule has 0 aliphatic rings. The van der Waals surface area contributed by atoms with E-state index < -0.39 is 15.4 Å². The van der Waals surface area contributed by atoms with Crippen LogP contribution in [-0.4, -0.2) is 20.7 Å². The summed E-state index contributed by atoms with van der Waals surface area (Å²) in [6.07, 6.45) is 0. The summed E-state index contributed by atoms with van der Waals surface area (Å²) in [6, 6.07) is 3.29. The standard InChI is InChI=1S/C11H17NO3S2/c1-8-5-6-10(16-8)17(14,15)12-7-9(13)11(2,3)4/h5-6,12H,7H2,1-4H3. The highest BCUT2D eigenvalue weighted by Crippen LogP contribution is 2.20. The van der Waals surface area contributed by atoms with Crippen LogP contribution in [0.1, 0.15) is 25.6 Å². The Morgan fingerprint density at radius 3 is 2.35 bits per heavy atom. The van der Waals surface area contributed by atoms with E-state index in [9.17, 15) is 13.2 Å². The third kappa shape index (κ3) is 3.90. The van der Waals surface area contributed by atoms with Crippen molar-refractivity contribution in [1.82, 2.24) is 4.72 Å². The third-order valence-corrected chi connectivity index (χ3v) is 5.13. The first kappa shape index (κ1) is 14.3. The van der Waals surface area contributed by atoms with Crippen LogP contribution in [0.15, 0.2) is 16.3 Å². The van der Waals surface area contributed by atoms with Crippen LogP contribution in [0.5, 0.6) is 0 Å². The topological polar surface area (TPSA) is 63.2 Å². The summed E-state index contributed by atoms with van der Waals surface area (Å²) in [6.45, 7) is 6.96. The van der Waals surface area contributed by atoms with Crippen molar-refractivity contribution >= 4 is 27.1 Å². The molecule has 1 aromatic heterocycles. The summed E-state index contributed by atoms with van der Waals surface area (Å²) in [7, 11) is -3.55. The largest absolute Gasteiger partial charge is 0.298 e. The monoisotopic (exact) mass is 275 g/mol. The Balaban J connectivity index is 2.73. The molecule has 6 heteroatoms. The molecule has 1 aromatic rings. The fourth-order valence-electron chi connectivity index (χ4n) is 1.05. The molecule has 96 valence electrons. The predicted molar refractivity (Wildman–Crippen MR) is 68.7 cm³/mol. The molecule has 0 unspecified atom stereocenters. The van der Waals surface area contributed by atoms with Gasteiger partial charge in [0.15, 0.2) is 5.78 Å². The number of thiophene rings is 1. The molecule has 17 heavy (non-hydrogen) atoms. The molecule has 0 aliphatic heterocycles. The van der Waals surface area contributed by atoms with E-state index in [0.29, 0.717) is 0 Å². The zero-order chi connectivity index (χ0) is 13.3. The summed E-state index contributed by atoms with van der Waals surface area (Å²) < 4.78 is 26.2. The van der Waals surface area contributed by atoms with Gasteiger partial charge in [0.05, 0.1) is 6.54 Å². The molecule has 0 aliphatic carbocycles. The van der Waals surface area contributed by atoms with Gasteiger partial charge in [0.25, 0.3) is 0 Å². The lowest BCUT2D eigenvalue weighted by molar-refractivity contribution is -0.125. The lowest BCUT2D eigenvalue weighted by Gasteiger charge is -2.16. The van der Waals surface area contributed by atoms with Crippen LogP contribution in [0.4, 0.5) is 0 Å². The first-order valence-electron chi connectivity index (χ1n) is 5.22. The maximum atomic E-state index is 11.8. The van der Waals surface area contributed by atoms with Gasteiger partial charge in [-0.1, -0.05) is 20.8 Å². The zero-order valence-corrected chi connectivity index (χ0v) is 12.0. The molecule has 1 N–H and O–H groups in total. The fraction of sp³-hybridized carbons (Fsp3) is 0.545. The van der Waals surface area contributed by atoms with Crippen molar-refractivity contribution in [3.05, 3.63) is 17.0 Å². The fourth-order valence-corrected chi connectivity index (χ4v) is 3.36. The Labute approximate surface area is 106 Å². The Hall–Kier alpha value is -0.720. The second-order valence-corrected chi connectivity index (χ2v) is 8.14. The number of hydrogen-bond donors (Lipinski definition) is 1. The van der Waals surface area contributed by atoms with E-state index in [1.54, 1.807) is 32.9 Å². The molecule has 0 amide bonds. The van der Waals surface area contributed by atoms with Gasteiger partial charge in [-0.15, -0.1) is 11.3 Å². The van der Waals surface area contributed by atoms with Crippen molar-refractivity contribution in [1.29, 1.82) is 0 Å². The quantitative estimate of drug-likeness (QED) is 0.913. The molecule has 0 saturated carbocycles. The Kier molecular flexibility index (Phi) is 4.11. The summed E-state index contributed by atoms with van der Waals surface area (Å²) in [4.78, 5) is 12.5. The number of aryl methyl sites for hydroxylation is 1. The van der Waals surface area contributed by atoms with Gasteiger partial charge >= 0.3 is 0 Å². The number of Topliss-reactive ketones (excluding diaryl/α,β-unsaturated/α-hetero) is 1. The zero-order valence-electron chi connectivity index (χ0n) is 10.4. The van der Waals surface area contributed by atoms with Gasteiger partial charge in [-0.3, -0.25) is 4.79 Å². The SMILES string of the molecule is Cc1ccc(S(=O)(=O)NCC(=O)C(C)(C)C)s1. The minimum atomic E-state index is -3.55. The van der Waals surface area contributed by atoms with Crippen LogP contribution in [0.2, 0.25) is 0 Å². The summed E-state index contributed by atoms with van der Waals surface area (Å²) >= 11 is 1.19. The van der Waals surface area contributed by atoms with Gasteiger partial charge < -0.3 is 0 Å². The Morgan fingerprint density at radius 2 is 1.94 bits per heavy atom. The number of carbonyl (C=O) groups excluding carboxylic acids is 1. The lowest BCUT2D eigenvalue weighted by atomic mass is 9.91. The van der Waals surface area contributed by atoms with Crippen LogP contribution < -0.4 is 4.72 Å². The maximum absolute atomic E-state index is 11.8. The number of rotatable bonds is 4. The molecule has 0 fully saturated rings. The molecule has 0 atom stereocenters. The van der Waals surface area contributed by atoms with Gasteiger partial charge in [0.1, 0.15) is 4.21 Å². The molecule has 0 spiro atoms. The molecule has 4 nitrogen and oxygen atoms in total. The molecule has 1 heterocycles. The van der Waals surface area contributed by atoms with Crippen molar-refractivity contribution in [2.45, 2.75) is 31.9 Å². The number of hydrogen-bond acceptors (Lipinski definition) is 4. The molecule has 0 bridgehead atoms. The first-order valence-corrected chi connectivity index (χ1v) is 7.52. The summed E-state index contributed by atoms with van der Waals surface area (Å²) in [5.41, 5.74) is -0.534. The minimum absolute atomic E-state index is 0.130. The van der Waals surface area contributed by atoms with E-state index in [-0.39, 0.29) is 16.5 Å². The molecule has 0 aromatic carbocycles. The van der Waals surface area contributed by atoms with Gasteiger partial charge in [0, 0.05) is 10.3 Å². The van der Waals surface area contributed by atoms with Crippen LogP contribution in [0.25, 0.3) is 0 Å². The highest BCUT2D eigenvalue weighted by Gasteiger charge is 2.24. The van der Waals surface area contributed by atoms with Gasteiger partial charge in [-0.2, -0.15) is 0 Å². The molecule has 0 saturated heterocycles. The number of carbonyl (C=O) groups is 1. The smallest absolute Gasteiger partial charge is 0.250 e.